The lowest BCUT2D eigenvalue weighted by Gasteiger charge is -2.30. The molecule has 0 aliphatic heterocycles. The maximum atomic E-state index is 12.2. The summed E-state index contributed by atoms with van der Waals surface area (Å²) in [6.07, 6.45) is 8.70. The largest absolute Gasteiger partial charge is 0.368 e. The molecule has 0 aromatic carbocycles. The summed E-state index contributed by atoms with van der Waals surface area (Å²) < 4.78 is 1.75. The molecule has 20 heavy (non-hydrogen) atoms. The van der Waals surface area contributed by atoms with Crippen molar-refractivity contribution in [3.63, 3.8) is 0 Å². The summed E-state index contributed by atoms with van der Waals surface area (Å²) in [6, 6.07) is 0. The van der Waals surface area contributed by atoms with Gasteiger partial charge in [0.25, 0.3) is 0 Å². The zero-order valence-electron chi connectivity index (χ0n) is 11.9. The summed E-state index contributed by atoms with van der Waals surface area (Å²) in [4.78, 5) is 28.1. The zero-order chi connectivity index (χ0) is 14.6. The Labute approximate surface area is 118 Å². The predicted octanol–water partition coefficient (Wildman–Crippen LogP) is 0.886. The minimum atomic E-state index is -0.873. The third-order valence-electron chi connectivity index (χ3n) is 4.05. The molecule has 0 bridgehead atoms. The van der Waals surface area contributed by atoms with Gasteiger partial charge in [0.2, 0.25) is 11.8 Å². The first-order chi connectivity index (χ1) is 9.53. The minimum Gasteiger partial charge on any atom is -0.368 e. The van der Waals surface area contributed by atoms with Crippen LogP contribution in [0.5, 0.6) is 0 Å². The molecule has 0 unspecified atom stereocenters. The topological polar surface area (TPSA) is 90.0 Å². The third-order valence-corrected chi connectivity index (χ3v) is 4.05. The predicted molar refractivity (Wildman–Crippen MR) is 74.7 cm³/mol. The first-order valence-corrected chi connectivity index (χ1v) is 7.12. The molecule has 0 atom stereocenters. The van der Waals surface area contributed by atoms with Crippen LogP contribution < -0.4 is 11.1 Å². The average Bonchev–Trinajstić information content (AvgIpc) is 2.66. The summed E-state index contributed by atoms with van der Waals surface area (Å²) in [7, 11) is 0. The molecule has 0 spiro atoms. The molecule has 1 saturated carbocycles. The standard InChI is InChI=1S/C14H22N4O2/c1-11-16-8-9-18(11)10-12(19)17-14(13(15)20)6-4-2-3-5-7-14/h8-9H,2-7,10H2,1H3,(H2,15,20)(H,17,19). The van der Waals surface area contributed by atoms with Gasteiger partial charge in [-0.15, -0.1) is 0 Å². The maximum Gasteiger partial charge on any atom is 0.243 e. The fourth-order valence-electron chi connectivity index (χ4n) is 2.80. The van der Waals surface area contributed by atoms with Gasteiger partial charge in [-0.2, -0.15) is 0 Å². The normalized spacial score (nSPS) is 18.2. The molecular weight excluding hydrogens is 256 g/mol. The highest BCUT2D eigenvalue weighted by Gasteiger charge is 2.38. The second-order valence-electron chi connectivity index (χ2n) is 5.51. The van der Waals surface area contributed by atoms with Gasteiger partial charge in [0.05, 0.1) is 0 Å². The fraction of sp³-hybridized carbons (Fsp3) is 0.643. The van der Waals surface area contributed by atoms with E-state index in [1.165, 1.54) is 0 Å². The molecule has 110 valence electrons. The first kappa shape index (κ1) is 14.6. The first-order valence-electron chi connectivity index (χ1n) is 7.12. The number of primary amides is 1. The van der Waals surface area contributed by atoms with Crippen molar-refractivity contribution in [2.75, 3.05) is 0 Å². The Morgan fingerprint density at radius 2 is 2.00 bits per heavy atom. The van der Waals surface area contributed by atoms with E-state index in [4.69, 9.17) is 5.73 Å². The number of amides is 2. The highest BCUT2D eigenvalue weighted by atomic mass is 16.2. The third kappa shape index (κ3) is 3.18. The number of nitrogens with zero attached hydrogens (tertiary/aromatic N) is 2. The van der Waals surface area contributed by atoms with E-state index < -0.39 is 11.4 Å². The second kappa shape index (κ2) is 6.07. The number of aryl methyl sites for hydroxylation is 1. The van der Waals surface area contributed by atoms with Crippen molar-refractivity contribution in [2.24, 2.45) is 5.73 Å². The molecule has 1 aliphatic rings. The molecule has 1 aromatic rings. The van der Waals surface area contributed by atoms with Crippen LogP contribution in [0.25, 0.3) is 0 Å². The molecule has 2 rings (SSSR count). The molecule has 1 aromatic heterocycles. The zero-order valence-corrected chi connectivity index (χ0v) is 11.9. The maximum absolute atomic E-state index is 12.2. The van der Waals surface area contributed by atoms with Crippen molar-refractivity contribution in [1.29, 1.82) is 0 Å². The minimum absolute atomic E-state index is 0.168. The van der Waals surface area contributed by atoms with Crippen LogP contribution in [-0.2, 0) is 16.1 Å². The number of aromatic nitrogens is 2. The van der Waals surface area contributed by atoms with E-state index in [-0.39, 0.29) is 12.5 Å². The molecule has 3 N–H and O–H groups in total. The molecule has 0 radical (unpaired) electrons. The monoisotopic (exact) mass is 278 g/mol. The lowest BCUT2D eigenvalue weighted by atomic mass is 9.89. The van der Waals surface area contributed by atoms with Gasteiger partial charge >= 0.3 is 0 Å². The van der Waals surface area contributed by atoms with Crippen molar-refractivity contribution >= 4 is 11.8 Å². The number of imidazole rings is 1. The van der Waals surface area contributed by atoms with Gasteiger partial charge in [-0.25, -0.2) is 4.98 Å². The van der Waals surface area contributed by atoms with Crippen LogP contribution >= 0.6 is 0 Å². The highest BCUT2D eigenvalue weighted by molar-refractivity contribution is 5.90. The van der Waals surface area contributed by atoms with Crippen LogP contribution in [0.3, 0.4) is 0 Å². The van der Waals surface area contributed by atoms with E-state index in [0.717, 1.165) is 31.5 Å². The van der Waals surface area contributed by atoms with Crippen molar-refractivity contribution < 1.29 is 9.59 Å². The van der Waals surface area contributed by atoms with Gasteiger partial charge in [-0.3, -0.25) is 9.59 Å². The van der Waals surface area contributed by atoms with Crippen LogP contribution in [0.2, 0.25) is 0 Å². The molecule has 0 saturated heterocycles. The Balaban J connectivity index is 2.06. The molecule has 1 aliphatic carbocycles. The quantitative estimate of drug-likeness (QED) is 0.801. The lowest BCUT2D eigenvalue weighted by Crippen LogP contribution is -2.57. The summed E-state index contributed by atoms with van der Waals surface area (Å²) in [5.41, 5.74) is 4.68. The van der Waals surface area contributed by atoms with Crippen LogP contribution in [0.15, 0.2) is 12.4 Å². The Morgan fingerprint density at radius 1 is 1.35 bits per heavy atom. The van der Waals surface area contributed by atoms with Gasteiger partial charge in [0, 0.05) is 12.4 Å². The van der Waals surface area contributed by atoms with Crippen LogP contribution in [0.1, 0.15) is 44.3 Å². The molecule has 6 nitrogen and oxygen atoms in total. The van der Waals surface area contributed by atoms with Gasteiger partial charge < -0.3 is 15.6 Å². The van der Waals surface area contributed by atoms with Crippen molar-refractivity contribution in [2.45, 2.75) is 57.5 Å². The number of rotatable bonds is 4. The van der Waals surface area contributed by atoms with Gasteiger partial charge in [0.15, 0.2) is 0 Å². The van der Waals surface area contributed by atoms with Gasteiger partial charge in [0.1, 0.15) is 17.9 Å². The second-order valence-corrected chi connectivity index (χ2v) is 5.51. The number of nitrogens with one attached hydrogen (secondary N) is 1. The van der Waals surface area contributed by atoms with Crippen LogP contribution in [0.4, 0.5) is 0 Å². The molecule has 1 fully saturated rings. The van der Waals surface area contributed by atoms with Crippen molar-refractivity contribution in [3.8, 4) is 0 Å². The fourth-order valence-corrected chi connectivity index (χ4v) is 2.80. The molecule has 6 heteroatoms. The van der Waals surface area contributed by atoms with Crippen molar-refractivity contribution in [3.05, 3.63) is 18.2 Å². The Kier molecular flexibility index (Phi) is 4.42. The Hall–Kier alpha value is -1.85. The molecule has 2 amide bonds. The summed E-state index contributed by atoms with van der Waals surface area (Å²) >= 11 is 0. The number of nitrogens with two attached hydrogens (primary N) is 1. The Morgan fingerprint density at radius 3 is 2.50 bits per heavy atom. The van der Waals surface area contributed by atoms with Crippen LogP contribution in [0, 0.1) is 6.92 Å². The number of hydrogen-bond donors (Lipinski definition) is 2. The SMILES string of the molecule is Cc1nccn1CC(=O)NC1(C(N)=O)CCCCCC1. The van der Waals surface area contributed by atoms with E-state index in [9.17, 15) is 9.59 Å². The number of hydrogen-bond acceptors (Lipinski definition) is 3. The van der Waals surface area contributed by atoms with Gasteiger partial charge in [-0.05, 0) is 19.8 Å². The average molecular weight is 278 g/mol. The van der Waals surface area contributed by atoms with E-state index >= 15 is 0 Å². The van der Waals surface area contributed by atoms with Gasteiger partial charge in [-0.1, -0.05) is 25.7 Å². The molecular formula is C14H22N4O2. The van der Waals surface area contributed by atoms with Crippen LogP contribution in [-0.4, -0.2) is 26.9 Å². The highest BCUT2D eigenvalue weighted by Crippen LogP contribution is 2.27. The van der Waals surface area contributed by atoms with E-state index in [2.05, 4.69) is 10.3 Å². The number of carbonyl (C=O) groups is 2. The van der Waals surface area contributed by atoms with E-state index in [0.29, 0.717) is 12.8 Å². The summed E-state index contributed by atoms with van der Waals surface area (Å²) in [5.74, 6) is 0.163. The van der Waals surface area contributed by atoms with E-state index in [1.807, 2.05) is 6.92 Å². The van der Waals surface area contributed by atoms with E-state index in [1.54, 1.807) is 17.0 Å². The number of carbonyl (C=O) groups excluding carboxylic acids is 2. The summed E-state index contributed by atoms with van der Waals surface area (Å²) in [6.45, 7) is 2.00. The smallest absolute Gasteiger partial charge is 0.243 e. The van der Waals surface area contributed by atoms with Crippen molar-refractivity contribution in [1.82, 2.24) is 14.9 Å². The molecule has 1 heterocycles. The summed E-state index contributed by atoms with van der Waals surface area (Å²) in [5, 5.41) is 2.88. The lowest BCUT2D eigenvalue weighted by molar-refractivity contribution is -0.132. The Bertz CT molecular complexity index is 487.